The fourth-order valence-corrected chi connectivity index (χ4v) is 2.33. The summed E-state index contributed by atoms with van der Waals surface area (Å²) in [6, 6.07) is 7.81. The van der Waals surface area contributed by atoms with Crippen LogP contribution in [0.15, 0.2) is 30.3 Å². The van der Waals surface area contributed by atoms with E-state index in [-0.39, 0.29) is 12.6 Å². The quantitative estimate of drug-likeness (QED) is 0.865. The smallest absolute Gasteiger partial charge is 0.330 e. The van der Waals surface area contributed by atoms with Gasteiger partial charge in [0.05, 0.1) is 12.2 Å². The zero-order chi connectivity index (χ0) is 15.1. The van der Waals surface area contributed by atoms with Crippen molar-refractivity contribution in [3.63, 3.8) is 0 Å². The van der Waals surface area contributed by atoms with E-state index in [9.17, 15) is 14.4 Å². The molecule has 1 aliphatic heterocycles. The van der Waals surface area contributed by atoms with Gasteiger partial charge in [0, 0.05) is 13.1 Å². The Morgan fingerprint density at radius 3 is 2.43 bits per heavy atom. The molecule has 0 radical (unpaired) electrons. The number of piperidine rings is 1. The van der Waals surface area contributed by atoms with Crippen molar-refractivity contribution in [1.29, 1.82) is 0 Å². The molecule has 1 fully saturated rings. The molecule has 0 saturated carbocycles. The third-order valence-electron chi connectivity index (χ3n) is 3.37. The van der Waals surface area contributed by atoms with Crippen LogP contribution in [0.4, 0.5) is 15.3 Å². The van der Waals surface area contributed by atoms with Crippen LogP contribution in [0.3, 0.4) is 0 Å². The predicted octanol–water partition coefficient (Wildman–Crippen LogP) is 2.01. The molecule has 0 bridgehead atoms. The minimum absolute atomic E-state index is 0.116. The normalized spacial score (nSPS) is 14.4. The molecule has 112 valence electrons. The number of hydrogen-bond donors (Lipinski definition) is 1. The Morgan fingerprint density at radius 1 is 1.14 bits per heavy atom. The molecule has 0 aromatic heterocycles. The topological polar surface area (TPSA) is 69.7 Å². The maximum atomic E-state index is 12.6. The SMILES string of the molecule is O=CCNC(=O)N(C(=O)N1CCCCC1)c1ccccc1. The zero-order valence-electron chi connectivity index (χ0n) is 11.8. The van der Waals surface area contributed by atoms with Gasteiger partial charge in [0.15, 0.2) is 0 Å². The van der Waals surface area contributed by atoms with Crippen LogP contribution in [0, 0.1) is 0 Å². The first kappa shape index (κ1) is 15.0. The van der Waals surface area contributed by atoms with Gasteiger partial charge in [-0.3, -0.25) is 0 Å². The largest absolute Gasteiger partial charge is 0.332 e. The molecule has 6 heteroatoms. The molecule has 0 atom stereocenters. The molecule has 1 N–H and O–H groups in total. The summed E-state index contributed by atoms with van der Waals surface area (Å²) in [5.41, 5.74) is 0.497. The molecule has 1 saturated heterocycles. The number of anilines is 1. The lowest BCUT2D eigenvalue weighted by atomic mass is 10.1. The van der Waals surface area contributed by atoms with Gasteiger partial charge < -0.3 is 15.0 Å². The highest BCUT2D eigenvalue weighted by molar-refractivity contribution is 6.13. The fourth-order valence-electron chi connectivity index (χ4n) is 2.33. The molecule has 1 aromatic carbocycles. The van der Waals surface area contributed by atoms with Gasteiger partial charge >= 0.3 is 12.1 Å². The van der Waals surface area contributed by atoms with Crippen LogP contribution >= 0.6 is 0 Å². The molecule has 0 spiro atoms. The Hall–Kier alpha value is -2.37. The highest BCUT2D eigenvalue weighted by atomic mass is 16.2. The van der Waals surface area contributed by atoms with Crippen molar-refractivity contribution in [3.8, 4) is 0 Å². The van der Waals surface area contributed by atoms with Crippen molar-refractivity contribution in [2.45, 2.75) is 19.3 Å². The van der Waals surface area contributed by atoms with E-state index >= 15 is 0 Å². The van der Waals surface area contributed by atoms with Gasteiger partial charge in [0.25, 0.3) is 0 Å². The number of amides is 4. The molecule has 4 amide bonds. The minimum atomic E-state index is -0.580. The van der Waals surface area contributed by atoms with Gasteiger partial charge in [-0.1, -0.05) is 18.2 Å². The summed E-state index contributed by atoms with van der Waals surface area (Å²) in [4.78, 5) is 38.0. The number of urea groups is 2. The molecular formula is C15H19N3O3. The van der Waals surface area contributed by atoms with E-state index in [1.54, 1.807) is 29.2 Å². The highest BCUT2D eigenvalue weighted by Crippen LogP contribution is 2.18. The summed E-state index contributed by atoms with van der Waals surface area (Å²) in [7, 11) is 0. The first-order valence-electron chi connectivity index (χ1n) is 7.09. The van der Waals surface area contributed by atoms with E-state index in [1.807, 2.05) is 6.07 Å². The number of aldehydes is 1. The summed E-state index contributed by atoms with van der Waals surface area (Å²) in [5, 5.41) is 2.42. The van der Waals surface area contributed by atoms with Gasteiger partial charge in [-0.2, -0.15) is 0 Å². The van der Waals surface area contributed by atoms with Crippen molar-refractivity contribution < 1.29 is 14.4 Å². The van der Waals surface area contributed by atoms with E-state index in [0.29, 0.717) is 25.1 Å². The molecule has 2 rings (SSSR count). The van der Waals surface area contributed by atoms with Crippen molar-refractivity contribution >= 4 is 24.0 Å². The van der Waals surface area contributed by atoms with Crippen LogP contribution < -0.4 is 10.2 Å². The molecular weight excluding hydrogens is 270 g/mol. The Morgan fingerprint density at radius 2 is 1.81 bits per heavy atom. The van der Waals surface area contributed by atoms with Gasteiger partial charge in [0.1, 0.15) is 6.29 Å². The second-order valence-electron chi connectivity index (χ2n) is 4.85. The van der Waals surface area contributed by atoms with E-state index in [2.05, 4.69) is 5.32 Å². The second-order valence-corrected chi connectivity index (χ2v) is 4.85. The number of nitrogens with one attached hydrogen (secondary N) is 1. The third-order valence-corrected chi connectivity index (χ3v) is 3.37. The number of hydrogen-bond acceptors (Lipinski definition) is 3. The van der Waals surface area contributed by atoms with Gasteiger partial charge in [-0.25, -0.2) is 14.5 Å². The number of rotatable bonds is 3. The third kappa shape index (κ3) is 3.81. The number of carbonyl (C=O) groups is 3. The van der Waals surface area contributed by atoms with Gasteiger partial charge in [0.2, 0.25) is 0 Å². The lowest BCUT2D eigenvalue weighted by Crippen LogP contribution is -2.52. The van der Waals surface area contributed by atoms with E-state index in [0.717, 1.165) is 24.2 Å². The van der Waals surface area contributed by atoms with E-state index < -0.39 is 6.03 Å². The van der Waals surface area contributed by atoms with Crippen LogP contribution in [-0.2, 0) is 4.79 Å². The van der Waals surface area contributed by atoms with Crippen molar-refractivity contribution in [3.05, 3.63) is 30.3 Å². The molecule has 0 unspecified atom stereocenters. The number of imide groups is 1. The lowest BCUT2D eigenvalue weighted by molar-refractivity contribution is -0.107. The summed E-state index contributed by atoms with van der Waals surface area (Å²) in [6.07, 6.45) is 3.59. The van der Waals surface area contributed by atoms with Crippen molar-refractivity contribution in [1.82, 2.24) is 10.2 Å². The van der Waals surface area contributed by atoms with Gasteiger partial charge in [-0.15, -0.1) is 0 Å². The molecule has 0 aliphatic carbocycles. The van der Waals surface area contributed by atoms with Crippen LogP contribution in [-0.4, -0.2) is 42.9 Å². The monoisotopic (exact) mass is 289 g/mol. The maximum Gasteiger partial charge on any atom is 0.332 e. The molecule has 21 heavy (non-hydrogen) atoms. The van der Waals surface area contributed by atoms with Crippen LogP contribution in [0.2, 0.25) is 0 Å². The zero-order valence-corrected chi connectivity index (χ0v) is 11.8. The highest BCUT2D eigenvalue weighted by Gasteiger charge is 2.28. The first-order chi connectivity index (χ1) is 10.2. The van der Waals surface area contributed by atoms with E-state index in [1.165, 1.54) is 0 Å². The molecule has 6 nitrogen and oxygen atoms in total. The van der Waals surface area contributed by atoms with Crippen LogP contribution in [0.25, 0.3) is 0 Å². The fraction of sp³-hybridized carbons (Fsp3) is 0.400. The van der Waals surface area contributed by atoms with Crippen molar-refractivity contribution in [2.75, 3.05) is 24.5 Å². The Bertz CT molecular complexity index is 498. The Kier molecular flexibility index (Phi) is 5.31. The summed E-state index contributed by atoms with van der Waals surface area (Å²) < 4.78 is 0. The Labute approximate surface area is 123 Å². The minimum Gasteiger partial charge on any atom is -0.330 e. The first-order valence-corrected chi connectivity index (χ1v) is 7.09. The summed E-state index contributed by atoms with van der Waals surface area (Å²) in [6.45, 7) is 1.20. The van der Waals surface area contributed by atoms with Crippen LogP contribution in [0.5, 0.6) is 0 Å². The number of carbonyl (C=O) groups excluding carboxylic acids is 3. The second kappa shape index (κ2) is 7.42. The summed E-state index contributed by atoms with van der Waals surface area (Å²) >= 11 is 0. The lowest BCUT2D eigenvalue weighted by Gasteiger charge is -2.31. The molecule has 1 heterocycles. The maximum absolute atomic E-state index is 12.6. The van der Waals surface area contributed by atoms with Crippen molar-refractivity contribution in [2.24, 2.45) is 0 Å². The Balaban J connectivity index is 2.20. The van der Waals surface area contributed by atoms with Gasteiger partial charge in [-0.05, 0) is 31.4 Å². The predicted molar refractivity (Wildman–Crippen MR) is 79.2 cm³/mol. The number of likely N-dealkylation sites (tertiary alicyclic amines) is 1. The molecule has 1 aromatic rings. The number of para-hydroxylation sites is 1. The standard InChI is InChI=1S/C15H19N3O3/c19-12-9-16-14(20)18(13-7-3-1-4-8-13)15(21)17-10-5-2-6-11-17/h1,3-4,7-8,12H,2,5-6,9-11H2,(H,16,20). The van der Waals surface area contributed by atoms with E-state index in [4.69, 9.17) is 0 Å². The molecule has 1 aliphatic rings. The summed E-state index contributed by atoms with van der Waals surface area (Å²) in [5.74, 6) is 0. The number of nitrogens with zero attached hydrogens (tertiary/aromatic N) is 2. The van der Waals surface area contributed by atoms with Crippen LogP contribution in [0.1, 0.15) is 19.3 Å². The average molecular weight is 289 g/mol. The average Bonchev–Trinajstić information content (AvgIpc) is 2.55. The number of benzene rings is 1.